The first-order valence-electron chi connectivity index (χ1n) is 5.73. The van der Waals surface area contributed by atoms with Crippen LogP contribution in [0.15, 0.2) is 53.2 Å². The molecule has 3 aromatic rings. The normalized spacial score (nSPS) is 10.5. The number of nitrogens with two attached hydrogens (primary N) is 1. The maximum atomic E-state index is 12.0. The van der Waals surface area contributed by atoms with E-state index in [1.807, 2.05) is 0 Å². The van der Waals surface area contributed by atoms with E-state index in [0.717, 1.165) is 5.39 Å². The van der Waals surface area contributed by atoms with E-state index in [-0.39, 0.29) is 11.7 Å². The summed E-state index contributed by atoms with van der Waals surface area (Å²) in [5, 5.41) is 3.51. The van der Waals surface area contributed by atoms with Crippen molar-refractivity contribution in [1.82, 2.24) is 4.98 Å². The van der Waals surface area contributed by atoms with Gasteiger partial charge in [-0.05, 0) is 36.4 Å². The molecular formula is C14H11N3O2. The first-order valence-corrected chi connectivity index (χ1v) is 5.73. The van der Waals surface area contributed by atoms with Crippen LogP contribution in [0, 0.1) is 0 Å². The molecule has 0 spiro atoms. The van der Waals surface area contributed by atoms with Gasteiger partial charge in [-0.1, -0.05) is 0 Å². The number of fused-ring (bicyclic) bond motifs is 1. The third-order valence-electron chi connectivity index (χ3n) is 2.68. The Morgan fingerprint density at radius 2 is 2.16 bits per heavy atom. The average Bonchev–Trinajstić information content (AvgIpc) is 2.83. The number of anilines is 2. The number of nitrogens with zero attached hydrogens (tertiary/aromatic N) is 1. The summed E-state index contributed by atoms with van der Waals surface area (Å²) in [6.07, 6.45) is 3.21. The van der Waals surface area contributed by atoms with Crippen LogP contribution in [0.2, 0.25) is 0 Å². The zero-order chi connectivity index (χ0) is 13.2. The fraction of sp³-hybridized carbons (Fsp3) is 0. The molecule has 0 atom stereocenters. The summed E-state index contributed by atoms with van der Waals surface area (Å²) < 4.78 is 5.47. The molecular weight excluding hydrogens is 242 g/mol. The van der Waals surface area contributed by atoms with E-state index in [2.05, 4.69) is 10.3 Å². The maximum absolute atomic E-state index is 12.0. The molecule has 19 heavy (non-hydrogen) atoms. The van der Waals surface area contributed by atoms with E-state index < -0.39 is 0 Å². The molecule has 3 N–H and O–H groups in total. The Bertz CT molecular complexity index is 735. The van der Waals surface area contributed by atoms with Crippen molar-refractivity contribution in [3.05, 3.63) is 54.6 Å². The Morgan fingerprint density at radius 3 is 2.95 bits per heavy atom. The molecule has 0 fully saturated rings. The number of hydrogen-bond donors (Lipinski definition) is 2. The van der Waals surface area contributed by atoms with Gasteiger partial charge in [0.2, 0.25) is 0 Å². The second-order valence-electron chi connectivity index (χ2n) is 4.10. The molecule has 0 bridgehead atoms. The molecule has 0 saturated heterocycles. The number of nitrogens with one attached hydrogen (secondary N) is 1. The maximum Gasteiger partial charge on any atom is 0.291 e. The Kier molecular flexibility index (Phi) is 2.64. The van der Waals surface area contributed by atoms with Crippen LogP contribution in [-0.2, 0) is 0 Å². The zero-order valence-electron chi connectivity index (χ0n) is 9.96. The van der Waals surface area contributed by atoms with Gasteiger partial charge < -0.3 is 15.5 Å². The SMILES string of the molecule is Nc1ccc2oc(C(=O)Nc3cccnc3)cc2c1. The van der Waals surface area contributed by atoms with Gasteiger partial charge in [0.25, 0.3) is 5.91 Å². The molecule has 1 amide bonds. The third-order valence-corrected chi connectivity index (χ3v) is 2.68. The van der Waals surface area contributed by atoms with Crippen molar-refractivity contribution in [3.63, 3.8) is 0 Å². The molecule has 0 aliphatic heterocycles. The summed E-state index contributed by atoms with van der Waals surface area (Å²) in [5.41, 5.74) is 7.56. The minimum Gasteiger partial charge on any atom is -0.451 e. The monoisotopic (exact) mass is 253 g/mol. The highest BCUT2D eigenvalue weighted by Crippen LogP contribution is 2.22. The molecule has 3 rings (SSSR count). The first-order chi connectivity index (χ1) is 9.22. The molecule has 0 radical (unpaired) electrons. The largest absolute Gasteiger partial charge is 0.451 e. The Hall–Kier alpha value is -2.82. The average molecular weight is 253 g/mol. The van der Waals surface area contributed by atoms with E-state index in [1.165, 1.54) is 0 Å². The van der Waals surface area contributed by atoms with E-state index in [1.54, 1.807) is 48.8 Å². The first kappa shape index (κ1) is 11.3. The van der Waals surface area contributed by atoms with Crippen LogP contribution in [-0.4, -0.2) is 10.9 Å². The topological polar surface area (TPSA) is 81.1 Å². The number of aromatic nitrogens is 1. The summed E-state index contributed by atoms with van der Waals surface area (Å²) in [6, 6.07) is 10.4. The lowest BCUT2D eigenvalue weighted by Crippen LogP contribution is -2.10. The Morgan fingerprint density at radius 1 is 1.26 bits per heavy atom. The van der Waals surface area contributed by atoms with Gasteiger partial charge >= 0.3 is 0 Å². The molecule has 2 aromatic heterocycles. The predicted octanol–water partition coefficient (Wildman–Crippen LogP) is 2.66. The number of rotatable bonds is 2. The lowest BCUT2D eigenvalue weighted by molar-refractivity contribution is 0.0998. The van der Waals surface area contributed by atoms with Crippen molar-refractivity contribution in [1.29, 1.82) is 0 Å². The van der Waals surface area contributed by atoms with Crippen molar-refractivity contribution in [3.8, 4) is 0 Å². The lowest BCUT2D eigenvalue weighted by Gasteiger charge is -2.00. The summed E-state index contributed by atoms with van der Waals surface area (Å²) in [6.45, 7) is 0. The molecule has 1 aromatic carbocycles. The van der Waals surface area contributed by atoms with Crippen LogP contribution in [0.3, 0.4) is 0 Å². The van der Waals surface area contributed by atoms with Crippen molar-refractivity contribution >= 4 is 28.3 Å². The third kappa shape index (κ3) is 2.26. The number of carbonyl (C=O) groups excluding carboxylic acids is 1. The molecule has 0 aliphatic rings. The fourth-order valence-corrected chi connectivity index (χ4v) is 1.80. The van der Waals surface area contributed by atoms with Gasteiger partial charge in [0.1, 0.15) is 5.58 Å². The Labute approximate surface area is 109 Å². The molecule has 5 nitrogen and oxygen atoms in total. The van der Waals surface area contributed by atoms with Crippen molar-refractivity contribution in [2.24, 2.45) is 0 Å². The molecule has 5 heteroatoms. The van der Waals surface area contributed by atoms with Crippen LogP contribution in [0.4, 0.5) is 11.4 Å². The highest BCUT2D eigenvalue weighted by atomic mass is 16.3. The number of benzene rings is 1. The van der Waals surface area contributed by atoms with Crippen LogP contribution in [0.5, 0.6) is 0 Å². The van der Waals surface area contributed by atoms with Crippen LogP contribution in [0.1, 0.15) is 10.6 Å². The van der Waals surface area contributed by atoms with Crippen LogP contribution >= 0.6 is 0 Å². The second-order valence-corrected chi connectivity index (χ2v) is 4.10. The summed E-state index contributed by atoms with van der Waals surface area (Å²) >= 11 is 0. The van der Waals surface area contributed by atoms with E-state index >= 15 is 0 Å². The second kappa shape index (κ2) is 4.45. The number of pyridine rings is 1. The highest BCUT2D eigenvalue weighted by Gasteiger charge is 2.12. The van der Waals surface area contributed by atoms with Crippen molar-refractivity contribution in [2.75, 3.05) is 11.1 Å². The van der Waals surface area contributed by atoms with Gasteiger partial charge in [0.15, 0.2) is 5.76 Å². The lowest BCUT2D eigenvalue weighted by atomic mass is 10.2. The van der Waals surface area contributed by atoms with Crippen LogP contribution in [0.25, 0.3) is 11.0 Å². The summed E-state index contributed by atoms with van der Waals surface area (Å²) in [7, 11) is 0. The zero-order valence-corrected chi connectivity index (χ0v) is 9.96. The number of hydrogen-bond acceptors (Lipinski definition) is 4. The van der Waals surface area contributed by atoms with Crippen molar-refractivity contribution < 1.29 is 9.21 Å². The minimum absolute atomic E-state index is 0.240. The standard InChI is InChI=1S/C14H11N3O2/c15-10-3-4-12-9(6-10)7-13(19-12)14(18)17-11-2-1-5-16-8-11/h1-8H,15H2,(H,17,18). The molecule has 0 saturated carbocycles. The van der Waals surface area contributed by atoms with E-state index in [0.29, 0.717) is 17.0 Å². The number of nitrogen functional groups attached to an aromatic ring is 1. The predicted molar refractivity (Wildman–Crippen MR) is 72.8 cm³/mol. The molecule has 94 valence electrons. The van der Waals surface area contributed by atoms with Gasteiger partial charge in [-0.3, -0.25) is 9.78 Å². The van der Waals surface area contributed by atoms with Gasteiger partial charge in [-0.15, -0.1) is 0 Å². The summed E-state index contributed by atoms with van der Waals surface area (Å²) in [5.74, 6) is -0.0766. The quantitative estimate of drug-likeness (QED) is 0.688. The number of carbonyl (C=O) groups is 1. The number of amides is 1. The Balaban J connectivity index is 1.89. The van der Waals surface area contributed by atoms with E-state index in [9.17, 15) is 4.79 Å². The van der Waals surface area contributed by atoms with Crippen LogP contribution < -0.4 is 11.1 Å². The highest BCUT2D eigenvalue weighted by molar-refractivity contribution is 6.04. The molecule has 0 unspecified atom stereocenters. The summed E-state index contributed by atoms with van der Waals surface area (Å²) in [4.78, 5) is 15.9. The van der Waals surface area contributed by atoms with Gasteiger partial charge in [0, 0.05) is 17.3 Å². The van der Waals surface area contributed by atoms with Gasteiger partial charge in [0.05, 0.1) is 11.9 Å². The minimum atomic E-state index is -0.317. The van der Waals surface area contributed by atoms with Gasteiger partial charge in [-0.2, -0.15) is 0 Å². The number of furan rings is 1. The van der Waals surface area contributed by atoms with Crippen molar-refractivity contribution in [2.45, 2.75) is 0 Å². The fourth-order valence-electron chi connectivity index (χ4n) is 1.80. The molecule has 0 aliphatic carbocycles. The molecule has 2 heterocycles. The smallest absolute Gasteiger partial charge is 0.291 e. The van der Waals surface area contributed by atoms with Gasteiger partial charge in [-0.25, -0.2) is 0 Å². The van der Waals surface area contributed by atoms with E-state index in [4.69, 9.17) is 10.2 Å².